The molecule has 2 atom stereocenters. The second-order valence-corrected chi connectivity index (χ2v) is 7.08. The van der Waals surface area contributed by atoms with Crippen LogP contribution >= 0.6 is 11.8 Å². The number of benzene rings is 2. The quantitative estimate of drug-likeness (QED) is 0.766. The van der Waals surface area contributed by atoms with Crippen molar-refractivity contribution in [2.45, 2.75) is 42.5 Å². The van der Waals surface area contributed by atoms with Crippen molar-refractivity contribution in [2.75, 3.05) is 6.61 Å². The average molecular weight is 328 g/mol. The van der Waals surface area contributed by atoms with Gasteiger partial charge in [0.25, 0.3) is 0 Å². The van der Waals surface area contributed by atoms with E-state index in [4.69, 9.17) is 9.47 Å². The number of rotatable bonds is 4. The Hall–Kier alpha value is -1.62. The molecule has 0 saturated carbocycles. The molecule has 0 amide bonds. The van der Waals surface area contributed by atoms with E-state index >= 15 is 0 Å². The van der Waals surface area contributed by atoms with E-state index in [-0.39, 0.29) is 12.1 Å². The van der Waals surface area contributed by atoms with Gasteiger partial charge in [-0.05, 0) is 50.6 Å². The van der Waals surface area contributed by atoms with E-state index in [9.17, 15) is 4.79 Å². The molecule has 2 unspecified atom stereocenters. The van der Waals surface area contributed by atoms with Gasteiger partial charge >= 0.3 is 0 Å². The van der Waals surface area contributed by atoms with Crippen molar-refractivity contribution in [1.29, 1.82) is 0 Å². The fraction of sp³-hybridized carbons (Fsp3) is 0.316. The Labute approximate surface area is 141 Å². The number of carbonyl (C=O) groups is 1. The van der Waals surface area contributed by atoms with Gasteiger partial charge in [-0.15, -0.1) is 0 Å². The third-order valence-corrected chi connectivity index (χ3v) is 4.96. The largest absolute Gasteiger partial charge is 0.350 e. The molecular formula is C19H20O3S. The molecule has 0 bridgehead atoms. The summed E-state index contributed by atoms with van der Waals surface area (Å²) in [6, 6.07) is 16.0. The zero-order valence-corrected chi connectivity index (χ0v) is 14.4. The number of ketones is 1. The standard InChI is InChI=1S/C19H20O3S/c1-13(20)15-7-9-17(10-8-15)23-18-6-4-5-16(11-18)19(3)12-21-14(2)22-19/h4-11,14H,12H2,1-3H3. The third kappa shape index (κ3) is 3.66. The molecule has 2 aromatic rings. The maximum atomic E-state index is 11.3. The molecule has 0 aromatic heterocycles. The zero-order chi connectivity index (χ0) is 16.4. The maximum Gasteiger partial charge on any atom is 0.159 e. The maximum absolute atomic E-state index is 11.3. The molecule has 0 aliphatic carbocycles. The van der Waals surface area contributed by atoms with Crippen LogP contribution < -0.4 is 0 Å². The molecule has 2 aromatic carbocycles. The van der Waals surface area contributed by atoms with Crippen LogP contribution in [0.4, 0.5) is 0 Å². The fourth-order valence-corrected chi connectivity index (χ4v) is 3.52. The summed E-state index contributed by atoms with van der Waals surface area (Å²) in [4.78, 5) is 13.6. The second kappa shape index (κ2) is 6.48. The first kappa shape index (κ1) is 16.2. The van der Waals surface area contributed by atoms with Gasteiger partial charge in [-0.25, -0.2) is 0 Å². The smallest absolute Gasteiger partial charge is 0.159 e. The lowest BCUT2D eigenvalue weighted by Crippen LogP contribution is -2.24. The summed E-state index contributed by atoms with van der Waals surface area (Å²) in [5.74, 6) is 0.0870. The van der Waals surface area contributed by atoms with Crippen molar-refractivity contribution in [3.05, 3.63) is 59.7 Å². The van der Waals surface area contributed by atoms with Crippen molar-refractivity contribution in [3.63, 3.8) is 0 Å². The lowest BCUT2D eigenvalue weighted by Gasteiger charge is -2.23. The summed E-state index contributed by atoms with van der Waals surface area (Å²) in [7, 11) is 0. The minimum Gasteiger partial charge on any atom is -0.350 e. The van der Waals surface area contributed by atoms with Crippen LogP contribution in [-0.4, -0.2) is 18.7 Å². The van der Waals surface area contributed by atoms with Gasteiger partial charge in [0.15, 0.2) is 12.1 Å². The molecule has 1 aliphatic rings. The Kier molecular flexibility index (Phi) is 4.57. The highest BCUT2D eigenvalue weighted by molar-refractivity contribution is 7.99. The van der Waals surface area contributed by atoms with Gasteiger partial charge in [-0.2, -0.15) is 0 Å². The Balaban J connectivity index is 1.79. The minimum atomic E-state index is -0.394. The van der Waals surface area contributed by atoms with E-state index in [0.717, 1.165) is 20.9 Å². The second-order valence-electron chi connectivity index (χ2n) is 5.94. The molecule has 0 N–H and O–H groups in total. The highest BCUT2D eigenvalue weighted by atomic mass is 32.2. The first-order valence-electron chi connectivity index (χ1n) is 7.65. The molecule has 1 aliphatic heterocycles. The summed E-state index contributed by atoms with van der Waals surface area (Å²) < 4.78 is 11.5. The predicted octanol–water partition coefficient (Wildman–Crippen LogP) is 4.65. The van der Waals surface area contributed by atoms with Gasteiger partial charge in [-0.3, -0.25) is 4.79 Å². The highest BCUT2D eigenvalue weighted by Crippen LogP contribution is 2.36. The van der Waals surface area contributed by atoms with E-state index in [1.165, 1.54) is 0 Å². The van der Waals surface area contributed by atoms with Crippen LogP contribution in [0.15, 0.2) is 58.3 Å². The van der Waals surface area contributed by atoms with Crippen molar-refractivity contribution in [3.8, 4) is 0 Å². The monoisotopic (exact) mass is 328 g/mol. The first-order valence-corrected chi connectivity index (χ1v) is 8.47. The molecule has 0 spiro atoms. The van der Waals surface area contributed by atoms with Crippen molar-refractivity contribution < 1.29 is 14.3 Å². The molecule has 1 heterocycles. The van der Waals surface area contributed by atoms with Crippen LogP contribution in [0.5, 0.6) is 0 Å². The fourth-order valence-electron chi connectivity index (χ4n) is 2.64. The molecule has 3 rings (SSSR count). The van der Waals surface area contributed by atoms with E-state index in [1.54, 1.807) is 18.7 Å². The summed E-state index contributed by atoms with van der Waals surface area (Å²) in [6.45, 7) is 6.12. The van der Waals surface area contributed by atoms with Crippen molar-refractivity contribution >= 4 is 17.5 Å². The van der Waals surface area contributed by atoms with Gasteiger partial charge in [0.05, 0.1) is 6.61 Å². The number of hydrogen-bond donors (Lipinski definition) is 0. The van der Waals surface area contributed by atoms with Crippen LogP contribution in [0.3, 0.4) is 0 Å². The summed E-state index contributed by atoms with van der Waals surface area (Å²) in [5, 5.41) is 0. The number of Topliss-reactive ketones (excluding diaryl/α,β-unsaturated/α-hetero) is 1. The summed E-state index contributed by atoms with van der Waals surface area (Å²) in [6.07, 6.45) is -0.171. The molecule has 4 heteroatoms. The predicted molar refractivity (Wildman–Crippen MR) is 90.9 cm³/mol. The van der Waals surface area contributed by atoms with Crippen LogP contribution in [0, 0.1) is 0 Å². The lowest BCUT2D eigenvalue weighted by molar-refractivity contribution is -0.0729. The average Bonchev–Trinajstić information content (AvgIpc) is 2.89. The van der Waals surface area contributed by atoms with Crippen LogP contribution in [-0.2, 0) is 15.1 Å². The molecule has 1 fully saturated rings. The summed E-state index contributed by atoms with van der Waals surface area (Å²) in [5.41, 5.74) is 1.46. The Morgan fingerprint density at radius 2 is 1.91 bits per heavy atom. The molecular weight excluding hydrogens is 308 g/mol. The topological polar surface area (TPSA) is 35.5 Å². The molecule has 3 nitrogen and oxygen atoms in total. The van der Waals surface area contributed by atoms with E-state index in [1.807, 2.05) is 37.3 Å². The van der Waals surface area contributed by atoms with Crippen molar-refractivity contribution in [1.82, 2.24) is 0 Å². The Bertz CT molecular complexity index is 711. The van der Waals surface area contributed by atoms with Crippen LogP contribution in [0.2, 0.25) is 0 Å². The van der Waals surface area contributed by atoms with Gasteiger partial charge in [-0.1, -0.05) is 36.0 Å². The van der Waals surface area contributed by atoms with Gasteiger partial charge in [0.2, 0.25) is 0 Å². The number of ether oxygens (including phenoxy) is 2. The Morgan fingerprint density at radius 1 is 1.17 bits per heavy atom. The van der Waals surface area contributed by atoms with Crippen molar-refractivity contribution in [2.24, 2.45) is 0 Å². The van der Waals surface area contributed by atoms with Gasteiger partial charge in [0.1, 0.15) is 5.60 Å². The van der Waals surface area contributed by atoms with E-state index in [2.05, 4.69) is 25.1 Å². The van der Waals surface area contributed by atoms with Gasteiger partial charge < -0.3 is 9.47 Å². The van der Waals surface area contributed by atoms with Crippen LogP contribution in [0.25, 0.3) is 0 Å². The lowest BCUT2D eigenvalue weighted by atomic mass is 9.97. The number of carbonyl (C=O) groups excluding carboxylic acids is 1. The first-order chi connectivity index (χ1) is 11.0. The molecule has 0 radical (unpaired) electrons. The molecule has 23 heavy (non-hydrogen) atoms. The molecule has 120 valence electrons. The van der Waals surface area contributed by atoms with Crippen LogP contribution in [0.1, 0.15) is 36.7 Å². The highest BCUT2D eigenvalue weighted by Gasteiger charge is 2.36. The van der Waals surface area contributed by atoms with E-state index < -0.39 is 5.60 Å². The molecule has 1 saturated heterocycles. The number of hydrogen-bond acceptors (Lipinski definition) is 4. The SMILES string of the molecule is CC(=O)c1ccc(Sc2cccc(C3(C)COC(C)O3)c2)cc1. The van der Waals surface area contributed by atoms with E-state index in [0.29, 0.717) is 6.61 Å². The normalized spacial score (nSPS) is 23.9. The minimum absolute atomic E-state index is 0.0870. The zero-order valence-electron chi connectivity index (χ0n) is 13.5. The third-order valence-electron chi connectivity index (χ3n) is 3.96. The summed E-state index contributed by atoms with van der Waals surface area (Å²) >= 11 is 1.67. The van der Waals surface area contributed by atoms with Gasteiger partial charge in [0, 0.05) is 15.4 Å². The Morgan fingerprint density at radius 3 is 2.52 bits per heavy atom.